The maximum Gasteiger partial charge on any atom is 0.416 e. The quantitative estimate of drug-likeness (QED) is 0.326. The number of halogens is 3. The summed E-state index contributed by atoms with van der Waals surface area (Å²) in [7, 11) is 0. The van der Waals surface area contributed by atoms with Gasteiger partial charge in [0.15, 0.2) is 0 Å². The SMILES string of the molecule is Cc1ccc2ccc3c4cc(C(F)(F)F)ccc4ccc3c2c1. The largest absolute Gasteiger partial charge is 0.416 e. The molecule has 0 aromatic heterocycles. The molecule has 0 saturated heterocycles. The monoisotopic (exact) mass is 310 g/mol. The molecule has 0 unspecified atom stereocenters. The van der Waals surface area contributed by atoms with Crippen LogP contribution in [-0.2, 0) is 6.18 Å². The zero-order chi connectivity index (χ0) is 16.2. The molecule has 0 bridgehead atoms. The van der Waals surface area contributed by atoms with Crippen LogP contribution in [0.5, 0.6) is 0 Å². The number of aryl methyl sites for hydroxylation is 1. The highest BCUT2D eigenvalue weighted by molar-refractivity contribution is 6.17. The molecule has 114 valence electrons. The lowest BCUT2D eigenvalue weighted by molar-refractivity contribution is -0.137. The molecule has 0 aliphatic rings. The van der Waals surface area contributed by atoms with Crippen LogP contribution in [0.15, 0.2) is 60.7 Å². The van der Waals surface area contributed by atoms with E-state index in [1.54, 1.807) is 0 Å². The van der Waals surface area contributed by atoms with Crippen molar-refractivity contribution in [3.05, 3.63) is 71.8 Å². The van der Waals surface area contributed by atoms with E-state index in [0.717, 1.165) is 38.6 Å². The normalized spacial score (nSPS) is 12.3. The van der Waals surface area contributed by atoms with Crippen LogP contribution in [0, 0.1) is 6.92 Å². The first kappa shape index (κ1) is 14.1. The fraction of sp³-hybridized carbons (Fsp3) is 0.100. The first-order valence-electron chi connectivity index (χ1n) is 7.36. The Labute approximate surface area is 131 Å². The molecule has 4 aromatic rings. The average Bonchev–Trinajstić information content (AvgIpc) is 2.52. The standard InChI is InChI=1S/C20H13F3/c1-12-2-3-13-5-9-17-16(18(13)10-12)8-6-14-4-7-15(11-19(14)17)20(21,22)23/h2-11H,1H3. The molecule has 4 aromatic carbocycles. The summed E-state index contributed by atoms with van der Waals surface area (Å²) >= 11 is 0. The van der Waals surface area contributed by atoms with Crippen molar-refractivity contribution in [2.75, 3.05) is 0 Å². The number of rotatable bonds is 0. The van der Waals surface area contributed by atoms with Gasteiger partial charge < -0.3 is 0 Å². The maximum absolute atomic E-state index is 13.0. The van der Waals surface area contributed by atoms with Crippen molar-refractivity contribution in [3.63, 3.8) is 0 Å². The molecule has 0 atom stereocenters. The van der Waals surface area contributed by atoms with Crippen LogP contribution in [0.1, 0.15) is 11.1 Å². The number of hydrogen-bond donors (Lipinski definition) is 0. The Morgan fingerprint density at radius 3 is 1.74 bits per heavy atom. The molecule has 4 rings (SSSR count). The van der Waals surface area contributed by atoms with Gasteiger partial charge >= 0.3 is 6.18 Å². The maximum atomic E-state index is 13.0. The van der Waals surface area contributed by atoms with E-state index in [1.165, 1.54) is 12.1 Å². The van der Waals surface area contributed by atoms with Crippen LogP contribution in [0.2, 0.25) is 0 Å². The molecule has 0 heterocycles. The van der Waals surface area contributed by atoms with E-state index < -0.39 is 11.7 Å². The summed E-state index contributed by atoms with van der Waals surface area (Å²) in [6, 6.07) is 17.9. The smallest absolute Gasteiger partial charge is 0.166 e. The Balaban J connectivity index is 2.15. The first-order chi connectivity index (χ1) is 10.9. The minimum atomic E-state index is -4.33. The van der Waals surface area contributed by atoms with Gasteiger partial charge in [-0.3, -0.25) is 0 Å². The van der Waals surface area contributed by atoms with Crippen molar-refractivity contribution >= 4 is 32.3 Å². The summed E-state index contributed by atoms with van der Waals surface area (Å²) in [6.07, 6.45) is -4.33. The predicted octanol–water partition coefficient (Wildman–Crippen LogP) is 6.47. The Hall–Kier alpha value is -2.55. The molecular weight excluding hydrogens is 297 g/mol. The number of fused-ring (bicyclic) bond motifs is 5. The third kappa shape index (κ3) is 2.24. The van der Waals surface area contributed by atoms with E-state index in [4.69, 9.17) is 0 Å². The van der Waals surface area contributed by atoms with Crippen molar-refractivity contribution in [2.24, 2.45) is 0 Å². The molecule has 0 radical (unpaired) electrons. The summed E-state index contributed by atoms with van der Waals surface area (Å²) in [6.45, 7) is 2.01. The van der Waals surface area contributed by atoms with Crippen LogP contribution in [0.25, 0.3) is 32.3 Å². The minimum Gasteiger partial charge on any atom is -0.166 e. The van der Waals surface area contributed by atoms with Gasteiger partial charge in [-0.1, -0.05) is 54.1 Å². The van der Waals surface area contributed by atoms with Crippen molar-refractivity contribution in [2.45, 2.75) is 13.1 Å². The van der Waals surface area contributed by atoms with Gasteiger partial charge in [0.25, 0.3) is 0 Å². The van der Waals surface area contributed by atoms with Crippen LogP contribution in [0.4, 0.5) is 13.2 Å². The van der Waals surface area contributed by atoms with E-state index in [-0.39, 0.29) is 0 Å². The van der Waals surface area contributed by atoms with Gasteiger partial charge in [0.1, 0.15) is 0 Å². The third-order valence-corrected chi connectivity index (χ3v) is 4.32. The van der Waals surface area contributed by atoms with Crippen LogP contribution < -0.4 is 0 Å². The molecule has 3 heteroatoms. The lowest BCUT2D eigenvalue weighted by Crippen LogP contribution is -2.04. The molecule has 0 aliphatic carbocycles. The zero-order valence-electron chi connectivity index (χ0n) is 12.4. The molecule has 0 nitrogen and oxygen atoms in total. The molecule has 0 saturated carbocycles. The molecule has 0 amide bonds. The summed E-state index contributed by atoms with van der Waals surface area (Å²) in [5.74, 6) is 0. The molecular formula is C20H13F3. The average molecular weight is 310 g/mol. The van der Waals surface area contributed by atoms with E-state index in [2.05, 4.69) is 6.07 Å². The molecule has 0 N–H and O–H groups in total. The van der Waals surface area contributed by atoms with Gasteiger partial charge in [0.05, 0.1) is 5.56 Å². The Morgan fingerprint density at radius 2 is 1.13 bits per heavy atom. The van der Waals surface area contributed by atoms with Crippen LogP contribution >= 0.6 is 0 Å². The van der Waals surface area contributed by atoms with Gasteiger partial charge in [-0.15, -0.1) is 0 Å². The second kappa shape index (κ2) is 4.72. The first-order valence-corrected chi connectivity index (χ1v) is 7.36. The molecule has 23 heavy (non-hydrogen) atoms. The van der Waals surface area contributed by atoms with Gasteiger partial charge in [-0.25, -0.2) is 0 Å². The van der Waals surface area contributed by atoms with Gasteiger partial charge in [0.2, 0.25) is 0 Å². The summed E-state index contributed by atoms with van der Waals surface area (Å²) in [4.78, 5) is 0. The van der Waals surface area contributed by atoms with Crippen LogP contribution in [-0.4, -0.2) is 0 Å². The number of alkyl halides is 3. The highest BCUT2D eigenvalue weighted by Gasteiger charge is 2.30. The number of benzene rings is 4. The van der Waals surface area contributed by atoms with Crippen molar-refractivity contribution in [3.8, 4) is 0 Å². The van der Waals surface area contributed by atoms with Gasteiger partial charge in [-0.2, -0.15) is 13.2 Å². The number of hydrogen-bond acceptors (Lipinski definition) is 0. The Kier molecular flexibility index (Phi) is 2.89. The predicted molar refractivity (Wildman–Crippen MR) is 88.7 cm³/mol. The van der Waals surface area contributed by atoms with Crippen molar-refractivity contribution in [1.82, 2.24) is 0 Å². The fourth-order valence-electron chi connectivity index (χ4n) is 3.16. The van der Waals surface area contributed by atoms with E-state index >= 15 is 0 Å². The van der Waals surface area contributed by atoms with Gasteiger partial charge in [0, 0.05) is 0 Å². The fourth-order valence-corrected chi connectivity index (χ4v) is 3.16. The molecule has 0 fully saturated rings. The van der Waals surface area contributed by atoms with E-state index in [1.807, 2.05) is 43.3 Å². The summed E-state index contributed by atoms with van der Waals surface area (Å²) in [5.41, 5.74) is 0.524. The second-order valence-corrected chi connectivity index (χ2v) is 5.88. The van der Waals surface area contributed by atoms with Crippen LogP contribution in [0.3, 0.4) is 0 Å². The third-order valence-electron chi connectivity index (χ3n) is 4.32. The van der Waals surface area contributed by atoms with E-state index in [9.17, 15) is 13.2 Å². The Morgan fingerprint density at radius 1 is 0.609 bits per heavy atom. The second-order valence-electron chi connectivity index (χ2n) is 5.88. The summed E-state index contributed by atoms with van der Waals surface area (Å²) < 4.78 is 39.1. The summed E-state index contributed by atoms with van der Waals surface area (Å²) in [5, 5.41) is 5.46. The topological polar surface area (TPSA) is 0 Å². The van der Waals surface area contributed by atoms with Crippen molar-refractivity contribution < 1.29 is 13.2 Å². The minimum absolute atomic E-state index is 0.609. The molecule has 0 spiro atoms. The molecule has 0 aliphatic heterocycles. The zero-order valence-corrected chi connectivity index (χ0v) is 12.4. The highest BCUT2D eigenvalue weighted by Crippen LogP contribution is 2.36. The lowest BCUT2D eigenvalue weighted by Gasteiger charge is -2.11. The van der Waals surface area contributed by atoms with Gasteiger partial charge in [-0.05, 0) is 51.4 Å². The highest BCUT2D eigenvalue weighted by atomic mass is 19.4. The van der Waals surface area contributed by atoms with Crippen molar-refractivity contribution in [1.29, 1.82) is 0 Å². The Bertz CT molecular complexity index is 1060. The lowest BCUT2D eigenvalue weighted by atomic mass is 9.95. The van der Waals surface area contributed by atoms with E-state index in [0.29, 0.717) is 5.39 Å².